The summed E-state index contributed by atoms with van der Waals surface area (Å²) in [5.41, 5.74) is 7.57. The summed E-state index contributed by atoms with van der Waals surface area (Å²) in [6.45, 7) is 1.85. The fourth-order valence-electron chi connectivity index (χ4n) is 2.12. The van der Waals surface area contributed by atoms with E-state index >= 15 is 0 Å². The zero-order valence-electron chi connectivity index (χ0n) is 10.1. The van der Waals surface area contributed by atoms with Gasteiger partial charge in [0.05, 0.1) is 11.5 Å². The van der Waals surface area contributed by atoms with Crippen LogP contribution in [-0.4, -0.2) is 31.9 Å². The summed E-state index contributed by atoms with van der Waals surface area (Å²) in [7, 11) is -2.98. The molecule has 0 saturated carbocycles. The lowest BCUT2D eigenvalue weighted by Gasteiger charge is -2.11. The lowest BCUT2D eigenvalue weighted by atomic mass is 10.1. The summed E-state index contributed by atoms with van der Waals surface area (Å²) in [6, 6.07) is 4.81. The second kappa shape index (κ2) is 4.61. The Balaban J connectivity index is 2.08. The molecule has 3 N–H and O–H groups in total. The van der Waals surface area contributed by atoms with Crippen molar-refractivity contribution in [2.24, 2.45) is 0 Å². The number of amides is 1. The highest BCUT2D eigenvalue weighted by molar-refractivity contribution is 7.91. The molecule has 1 aromatic rings. The first-order valence-electron chi connectivity index (χ1n) is 5.74. The quantitative estimate of drug-likeness (QED) is 0.764. The monoisotopic (exact) mass is 268 g/mol. The number of rotatable bonds is 2. The molecule has 0 radical (unpaired) electrons. The predicted octanol–water partition coefficient (Wildman–Crippen LogP) is 0.494. The van der Waals surface area contributed by atoms with Crippen molar-refractivity contribution >= 4 is 21.4 Å². The van der Waals surface area contributed by atoms with E-state index in [1.54, 1.807) is 18.2 Å². The number of hydrogen-bond donors (Lipinski definition) is 2. The maximum absolute atomic E-state index is 12.0. The van der Waals surface area contributed by atoms with Crippen LogP contribution in [-0.2, 0) is 9.84 Å². The molecular formula is C12H16N2O3S. The van der Waals surface area contributed by atoms with Crippen molar-refractivity contribution in [3.8, 4) is 0 Å². The number of hydrogen-bond acceptors (Lipinski definition) is 4. The smallest absolute Gasteiger partial charge is 0.251 e. The van der Waals surface area contributed by atoms with Crippen LogP contribution in [0.5, 0.6) is 0 Å². The molecule has 1 atom stereocenters. The number of sulfone groups is 1. The van der Waals surface area contributed by atoms with Gasteiger partial charge in [0.1, 0.15) is 0 Å². The van der Waals surface area contributed by atoms with Crippen molar-refractivity contribution < 1.29 is 13.2 Å². The third-order valence-electron chi connectivity index (χ3n) is 2.93. The molecule has 1 fully saturated rings. The minimum atomic E-state index is -2.98. The maximum Gasteiger partial charge on any atom is 0.251 e. The molecule has 1 saturated heterocycles. The van der Waals surface area contributed by atoms with Crippen molar-refractivity contribution in [2.45, 2.75) is 19.4 Å². The van der Waals surface area contributed by atoms with E-state index in [0.717, 1.165) is 5.56 Å². The standard InChI is InChI=1S/C12H16N2O3S/c1-8-4-9(6-10(13)5-8)12(15)14-11-2-3-18(16,17)7-11/h4-6,11H,2-3,7,13H2,1H3,(H,14,15). The number of nitrogens with one attached hydrogen (secondary N) is 1. The highest BCUT2D eigenvalue weighted by Gasteiger charge is 2.29. The van der Waals surface area contributed by atoms with Crippen molar-refractivity contribution in [3.63, 3.8) is 0 Å². The van der Waals surface area contributed by atoms with Gasteiger partial charge in [0.15, 0.2) is 9.84 Å². The van der Waals surface area contributed by atoms with Gasteiger partial charge in [0.25, 0.3) is 5.91 Å². The van der Waals surface area contributed by atoms with Crippen molar-refractivity contribution in [1.82, 2.24) is 5.32 Å². The maximum atomic E-state index is 12.0. The van der Waals surface area contributed by atoms with Crippen LogP contribution in [0.4, 0.5) is 5.69 Å². The van der Waals surface area contributed by atoms with Crippen molar-refractivity contribution in [1.29, 1.82) is 0 Å². The normalized spacial score (nSPS) is 21.7. The van der Waals surface area contributed by atoms with Crippen LogP contribution >= 0.6 is 0 Å². The largest absolute Gasteiger partial charge is 0.399 e. The molecule has 1 aromatic carbocycles. The molecule has 0 bridgehead atoms. The first-order valence-corrected chi connectivity index (χ1v) is 7.56. The second-order valence-electron chi connectivity index (χ2n) is 4.71. The van der Waals surface area contributed by atoms with Gasteiger partial charge < -0.3 is 11.1 Å². The van der Waals surface area contributed by atoms with Gasteiger partial charge in [-0.15, -0.1) is 0 Å². The number of aryl methyl sites for hydroxylation is 1. The molecule has 98 valence electrons. The van der Waals surface area contributed by atoms with Gasteiger partial charge in [-0.25, -0.2) is 8.42 Å². The zero-order chi connectivity index (χ0) is 13.3. The van der Waals surface area contributed by atoms with Gasteiger partial charge in [-0.05, 0) is 37.1 Å². The molecule has 1 unspecified atom stereocenters. The van der Waals surface area contributed by atoms with Crippen LogP contribution in [0.25, 0.3) is 0 Å². The molecule has 0 aliphatic carbocycles. The zero-order valence-corrected chi connectivity index (χ0v) is 11.0. The van der Waals surface area contributed by atoms with Crippen LogP contribution < -0.4 is 11.1 Å². The van der Waals surface area contributed by atoms with Crippen LogP contribution in [0.15, 0.2) is 18.2 Å². The fourth-order valence-corrected chi connectivity index (χ4v) is 3.79. The Hall–Kier alpha value is -1.56. The first-order chi connectivity index (χ1) is 8.35. The van der Waals surface area contributed by atoms with E-state index in [1.165, 1.54) is 0 Å². The Kier molecular flexibility index (Phi) is 3.30. The Morgan fingerprint density at radius 1 is 1.39 bits per heavy atom. The molecule has 1 heterocycles. The lowest BCUT2D eigenvalue weighted by Crippen LogP contribution is -2.35. The third-order valence-corrected chi connectivity index (χ3v) is 4.70. The van der Waals surface area contributed by atoms with E-state index in [1.807, 2.05) is 6.92 Å². The lowest BCUT2D eigenvalue weighted by molar-refractivity contribution is 0.0941. The molecule has 2 rings (SSSR count). The topological polar surface area (TPSA) is 89.3 Å². The third kappa shape index (κ3) is 3.01. The van der Waals surface area contributed by atoms with E-state index in [0.29, 0.717) is 17.7 Å². The SMILES string of the molecule is Cc1cc(N)cc(C(=O)NC2CCS(=O)(=O)C2)c1. The van der Waals surface area contributed by atoms with Gasteiger partial charge in [0, 0.05) is 17.3 Å². The molecule has 5 nitrogen and oxygen atoms in total. The Morgan fingerprint density at radius 2 is 2.11 bits per heavy atom. The van der Waals surface area contributed by atoms with E-state index in [-0.39, 0.29) is 23.5 Å². The van der Waals surface area contributed by atoms with Gasteiger partial charge in [-0.2, -0.15) is 0 Å². The van der Waals surface area contributed by atoms with E-state index in [2.05, 4.69) is 5.32 Å². The number of carbonyl (C=O) groups is 1. The summed E-state index contributed by atoms with van der Waals surface area (Å²) in [5, 5.41) is 2.73. The Labute approximate surface area is 106 Å². The second-order valence-corrected chi connectivity index (χ2v) is 6.93. The number of nitrogens with two attached hydrogens (primary N) is 1. The predicted molar refractivity (Wildman–Crippen MR) is 70.1 cm³/mol. The van der Waals surface area contributed by atoms with Gasteiger partial charge in [-0.1, -0.05) is 0 Å². The summed E-state index contributed by atoms with van der Waals surface area (Å²) < 4.78 is 22.6. The molecule has 18 heavy (non-hydrogen) atoms. The van der Waals surface area contributed by atoms with Crippen LogP contribution in [0.1, 0.15) is 22.3 Å². The molecule has 1 aliphatic rings. The summed E-state index contributed by atoms with van der Waals surface area (Å²) in [4.78, 5) is 12.0. The number of nitrogen functional groups attached to an aromatic ring is 1. The minimum Gasteiger partial charge on any atom is -0.399 e. The van der Waals surface area contributed by atoms with Crippen LogP contribution in [0, 0.1) is 6.92 Å². The molecule has 1 aliphatic heterocycles. The van der Waals surface area contributed by atoms with Crippen LogP contribution in [0.3, 0.4) is 0 Å². The van der Waals surface area contributed by atoms with E-state index in [4.69, 9.17) is 5.73 Å². The summed E-state index contributed by atoms with van der Waals surface area (Å²) in [6.07, 6.45) is 0.482. The average molecular weight is 268 g/mol. The van der Waals surface area contributed by atoms with Gasteiger partial charge >= 0.3 is 0 Å². The van der Waals surface area contributed by atoms with Crippen molar-refractivity contribution in [3.05, 3.63) is 29.3 Å². The number of benzene rings is 1. The Morgan fingerprint density at radius 3 is 2.67 bits per heavy atom. The molecule has 0 aromatic heterocycles. The summed E-state index contributed by atoms with van der Waals surface area (Å²) >= 11 is 0. The fraction of sp³-hybridized carbons (Fsp3) is 0.417. The minimum absolute atomic E-state index is 0.0278. The van der Waals surface area contributed by atoms with Gasteiger partial charge in [0.2, 0.25) is 0 Å². The van der Waals surface area contributed by atoms with E-state index < -0.39 is 9.84 Å². The Bertz CT molecular complexity index is 561. The molecule has 6 heteroatoms. The average Bonchev–Trinajstić information content (AvgIpc) is 2.56. The highest BCUT2D eigenvalue weighted by Crippen LogP contribution is 2.14. The number of anilines is 1. The highest BCUT2D eigenvalue weighted by atomic mass is 32.2. The number of carbonyl (C=O) groups excluding carboxylic acids is 1. The van der Waals surface area contributed by atoms with Crippen molar-refractivity contribution in [2.75, 3.05) is 17.2 Å². The van der Waals surface area contributed by atoms with Gasteiger partial charge in [-0.3, -0.25) is 4.79 Å². The molecular weight excluding hydrogens is 252 g/mol. The first kappa shape index (κ1) is 12.9. The van der Waals surface area contributed by atoms with E-state index in [9.17, 15) is 13.2 Å². The van der Waals surface area contributed by atoms with Crippen LogP contribution in [0.2, 0.25) is 0 Å². The molecule has 1 amide bonds. The summed E-state index contributed by atoms with van der Waals surface area (Å²) in [5.74, 6) is -0.0963. The molecule has 0 spiro atoms.